The molecule has 0 unspecified atom stereocenters. The van der Waals surface area contributed by atoms with Crippen molar-refractivity contribution in [3.05, 3.63) is 134 Å². The molecule has 0 radical (unpaired) electrons. The summed E-state index contributed by atoms with van der Waals surface area (Å²) in [6.07, 6.45) is 1.65. The van der Waals surface area contributed by atoms with Gasteiger partial charge in [-0.3, -0.25) is 0 Å². The molecule has 37 heavy (non-hydrogen) atoms. The van der Waals surface area contributed by atoms with Crippen LogP contribution in [0.5, 0.6) is 11.5 Å². The fourth-order valence-electron chi connectivity index (χ4n) is 3.66. The Balaban J connectivity index is 1.44. The van der Waals surface area contributed by atoms with Crippen LogP contribution in [0.15, 0.2) is 108 Å². The van der Waals surface area contributed by atoms with Crippen molar-refractivity contribution in [1.29, 1.82) is 0 Å². The van der Waals surface area contributed by atoms with Gasteiger partial charge in [-0.1, -0.05) is 72.3 Å². The molecule has 4 aromatic carbocycles. The molecule has 0 aromatic heterocycles. The Bertz CT molecular complexity index is 1490. The molecule has 0 fully saturated rings. The number of rotatable bonds is 8. The van der Waals surface area contributed by atoms with Gasteiger partial charge >= 0.3 is 5.97 Å². The number of hydrogen-bond donors (Lipinski definition) is 0. The Morgan fingerprint density at radius 2 is 1.51 bits per heavy atom. The Hall–Kier alpha value is -3.62. The van der Waals surface area contributed by atoms with E-state index >= 15 is 0 Å². The van der Waals surface area contributed by atoms with E-state index in [0.29, 0.717) is 40.9 Å². The summed E-state index contributed by atoms with van der Waals surface area (Å²) >= 11 is 8.49. The van der Waals surface area contributed by atoms with Crippen LogP contribution in [0.3, 0.4) is 0 Å². The van der Waals surface area contributed by atoms with Crippen LogP contribution >= 0.6 is 34.2 Å². The maximum atomic E-state index is 12.7. The van der Waals surface area contributed by atoms with E-state index in [1.807, 2.05) is 91.0 Å². The molecule has 5 rings (SSSR count). The lowest BCUT2D eigenvalue weighted by molar-refractivity contribution is -0.129. The minimum Gasteiger partial charge on any atom is -0.489 e. The van der Waals surface area contributed by atoms with E-state index in [1.165, 1.54) is 0 Å². The SMILES string of the molecule is O=C1OC(c2cc(I)ccc2Cl)=N/C1=C\c1ccc(OCc2ccccc2)cc1OCc1ccccc1. The number of cyclic esters (lactones) is 1. The van der Waals surface area contributed by atoms with Crippen molar-refractivity contribution >= 4 is 52.1 Å². The zero-order valence-electron chi connectivity index (χ0n) is 19.6. The first kappa shape index (κ1) is 25.0. The number of aliphatic imine (C=N–C) groups is 1. The van der Waals surface area contributed by atoms with Gasteiger partial charge < -0.3 is 14.2 Å². The van der Waals surface area contributed by atoms with Crippen molar-refractivity contribution in [3.63, 3.8) is 0 Å². The highest BCUT2D eigenvalue weighted by molar-refractivity contribution is 14.1. The number of carbonyl (C=O) groups excluding carboxylic acids is 1. The normalized spacial score (nSPS) is 13.8. The molecule has 4 aromatic rings. The summed E-state index contributed by atoms with van der Waals surface area (Å²) in [6.45, 7) is 0.784. The second kappa shape index (κ2) is 11.6. The molecular formula is C30H21ClINO4. The summed E-state index contributed by atoms with van der Waals surface area (Å²) in [5, 5.41) is 0.458. The maximum absolute atomic E-state index is 12.7. The standard InChI is InChI=1S/C30H21ClINO4/c31-26-14-12-23(32)16-25(26)29-33-27(30(34)37-29)15-22-11-13-24(35-18-20-7-3-1-4-8-20)17-28(22)36-19-21-9-5-2-6-10-21/h1-17H,18-19H2/b27-15-. The van der Waals surface area contributed by atoms with E-state index in [4.69, 9.17) is 25.8 Å². The van der Waals surface area contributed by atoms with Crippen molar-refractivity contribution in [2.24, 2.45) is 4.99 Å². The first-order valence-corrected chi connectivity index (χ1v) is 13.0. The highest BCUT2D eigenvalue weighted by Crippen LogP contribution is 2.31. The molecule has 0 spiro atoms. The first-order valence-electron chi connectivity index (χ1n) is 11.5. The van der Waals surface area contributed by atoms with Crippen LogP contribution in [-0.4, -0.2) is 11.9 Å². The molecule has 5 nitrogen and oxygen atoms in total. The minimum absolute atomic E-state index is 0.160. The number of hydrogen-bond acceptors (Lipinski definition) is 5. The van der Waals surface area contributed by atoms with Gasteiger partial charge in [-0.25, -0.2) is 9.79 Å². The predicted octanol–water partition coefficient (Wildman–Crippen LogP) is 7.45. The molecule has 1 aliphatic heterocycles. The van der Waals surface area contributed by atoms with E-state index in [9.17, 15) is 4.79 Å². The van der Waals surface area contributed by atoms with Crippen molar-refractivity contribution in [3.8, 4) is 11.5 Å². The summed E-state index contributed by atoms with van der Waals surface area (Å²) in [5.74, 6) is 0.834. The number of esters is 1. The van der Waals surface area contributed by atoms with Gasteiger partial charge in [-0.2, -0.15) is 0 Å². The Morgan fingerprint density at radius 3 is 2.22 bits per heavy atom. The third-order valence-electron chi connectivity index (χ3n) is 5.54. The molecule has 0 aliphatic carbocycles. The van der Waals surface area contributed by atoms with Gasteiger partial charge in [0.1, 0.15) is 24.7 Å². The smallest absolute Gasteiger partial charge is 0.363 e. The second-order valence-electron chi connectivity index (χ2n) is 8.21. The average molecular weight is 622 g/mol. The van der Waals surface area contributed by atoms with Crippen LogP contribution in [0.25, 0.3) is 6.08 Å². The highest BCUT2D eigenvalue weighted by Gasteiger charge is 2.26. The van der Waals surface area contributed by atoms with Crippen molar-refractivity contribution < 1.29 is 19.0 Å². The van der Waals surface area contributed by atoms with Crippen molar-refractivity contribution in [2.45, 2.75) is 13.2 Å². The zero-order chi connectivity index (χ0) is 25.6. The summed E-state index contributed by atoms with van der Waals surface area (Å²) in [6, 6.07) is 30.7. The largest absolute Gasteiger partial charge is 0.489 e. The van der Waals surface area contributed by atoms with Crippen LogP contribution in [-0.2, 0) is 22.7 Å². The molecule has 0 N–H and O–H groups in total. The molecule has 0 amide bonds. The molecule has 0 atom stereocenters. The first-order chi connectivity index (χ1) is 18.0. The summed E-state index contributed by atoms with van der Waals surface area (Å²) in [4.78, 5) is 17.1. The molecule has 184 valence electrons. The Morgan fingerprint density at radius 1 is 0.838 bits per heavy atom. The molecule has 7 heteroatoms. The van der Waals surface area contributed by atoms with E-state index in [0.717, 1.165) is 14.7 Å². The fraction of sp³-hybridized carbons (Fsp3) is 0.0667. The molecule has 1 heterocycles. The van der Waals surface area contributed by atoms with Gasteiger partial charge in [0.05, 0.1) is 10.6 Å². The van der Waals surface area contributed by atoms with Crippen LogP contribution in [0.1, 0.15) is 22.3 Å². The monoisotopic (exact) mass is 621 g/mol. The van der Waals surface area contributed by atoms with Gasteiger partial charge in [0.15, 0.2) is 5.70 Å². The van der Waals surface area contributed by atoms with Crippen molar-refractivity contribution in [1.82, 2.24) is 0 Å². The zero-order valence-corrected chi connectivity index (χ0v) is 22.5. The summed E-state index contributed by atoms with van der Waals surface area (Å²) in [5.41, 5.74) is 3.48. The van der Waals surface area contributed by atoms with E-state index in [-0.39, 0.29) is 11.6 Å². The quantitative estimate of drug-likeness (QED) is 0.117. The number of carbonyl (C=O) groups is 1. The number of benzene rings is 4. The highest BCUT2D eigenvalue weighted by atomic mass is 127. The third-order valence-corrected chi connectivity index (χ3v) is 6.54. The van der Waals surface area contributed by atoms with E-state index in [2.05, 4.69) is 27.6 Å². The molecule has 0 bridgehead atoms. The lowest BCUT2D eigenvalue weighted by Gasteiger charge is -2.13. The summed E-state index contributed by atoms with van der Waals surface area (Å²) < 4.78 is 18.5. The number of halogens is 2. The van der Waals surface area contributed by atoms with E-state index < -0.39 is 5.97 Å². The molecule has 1 aliphatic rings. The third kappa shape index (κ3) is 6.39. The van der Waals surface area contributed by atoms with Gasteiger partial charge in [0.25, 0.3) is 0 Å². The van der Waals surface area contributed by atoms with Gasteiger partial charge in [-0.15, -0.1) is 0 Å². The maximum Gasteiger partial charge on any atom is 0.363 e. The second-order valence-corrected chi connectivity index (χ2v) is 9.86. The topological polar surface area (TPSA) is 57.1 Å². The summed E-state index contributed by atoms with van der Waals surface area (Å²) in [7, 11) is 0. The minimum atomic E-state index is -0.552. The lowest BCUT2D eigenvalue weighted by Crippen LogP contribution is -2.06. The van der Waals surface area contributed by atoms with E-state index in [1.54, 1.807) is 12.1 Å². The van der Waals surface area contributed by atoms with Gasteiger partial charge in [0, 0.05) is 15.2 Å². The van der Waals surface area contributed by atoms with Crippen LogP contribution < -0.4 is 9.47 Å². The predicted molar refractivity (Wildman–Crippen MR) is 153 cm³/mol. The number of ether oxygens (including phenoxy) is 3. The molecule has 0 saturated heterocycles. The van der Waals surface area contributed by atoms with Crippen LogP contribution in [0.4, 0.5) is 0 Å². The molecule has 0 saturated carbocycles. The lowest BCUT2D eigenvalue weighted by atomic mass is 10.1. The average Bonchev–Trinajstić information content (AvgIpc) is 3.29. The fourth-order valence-corrected chi connectivity index (χ4v) is 4.35. The van der Waals surface area contributed by atoms with Crippen molar-refractivity contribution in [2.75, 3.05) is 0 Å². The van der Waals surface area contributed by atoms with Crippen LogP contribution in [0, 0.1) is 3.57 Å². The number of nitrogens with zero attached hydrogens (tertiary/aromatic N) is 1. The van der Waals surface area contributed by atoms with Crippen LogP contribution in [0.2, 0.25) is 5.02 Å². The molecular weight excluding hydrogens is 601 g/mol. The Labute approximate surface area is 233 Å². The van der Waals surface area contributed by atoms with Gasteiger partial charge in [-0.05, 0) is 70.1 Å². The Kier molecular flexibility index (Phi) is 7.87. The van der Waals surface area contributed by atoms with Gasteiger partial charge in [0.2, 0.25) is 5.90 Å².